The van der Waals surface area contributed by atoms with Crippen LogP contribution in [0.1, 0.15) is 34.3 Å². The summed E-state index contributed by atoms with van der Waals surface area (Å²) in [6.45, 7) is 2.46. The average Bonchev–Trinajstić information content (AvgIpc) is 3.57. The number of halogens is 1. The van der Waals surface area contributed by atoms with E-state index < -0.39 is 18.4 Å². The van der Waals surface area contributed by atoms with Gasteiger partial charge in [0.25, 0.3) is 12.4 Å². The second-order valence-corrected chi connectivity index (χ2v) is 9.22. The van der Waals surface area contributed by atoms with E-state index in [2.05, 4.69) is 15.0 Å². The number of fused-ring (bicyclic) bond motifs is 1. The van der Waals surface area contributed by atoms with Gasteiger partial charge in [0.05, 0.1) is 25.1 Å². The number of esters is 1. The Hall–Kier alpha value is -4.40. The van der Waals surface area contributed by atoms with Gasteiger partial charge in [0.2, 0.25) is 5.91 Å². The number of benzene rings is 3. The van der Waals surface area contributed by atoms with Crippen LogP contribution in [0.15, 0.2) is 71.1 Å². The Morgan fingerprint density at radius 2 is 1.95 bits per heavy atom. The van der Waals surface area contributed by atoms with Gasteiger partial charge in [0, 0.05) is 12.2 Å². The van der Waals surface area contributed by atoms with Crippen molar-refractivity contribution >= 4 is 34.7 Å². The molecular weight excluding hydrogens is 489 g/mol. The second-order valence-electron chi connectivity index (χ2n) is 9.22. The number of nitrogens with zero attached hydrogens (tertiary/aromatic N) is 2. The van der Waals surface area contributed by atoms with Crippen molar-refractivity contribution in [1.82, 2.24) is 9.88 Å². The second kappa shape index (κ2) is 10.9. The van der Waals surface area contributed by atoms with E-state index in [0.29, 0.717) is 42.1 Å². The molecule has 0 bridgehead atoms. The number of aryl methyl sites for hydroxylation is 1. The topological polar surface area (TPSA) is 93.9 Å². The summed E-state index contributed by atoms with van der Waals surface area (Å²) in [5.74, 6) is -0.393. The number of oxazole rings is 1. The zero-order valence-corrected chi connectivity index (χ0v) is 21.1. The Morgan fingerprint density at radius 3 is 2.71 bits per heavy atom. The number of methoxy groups -OCH3 is 1. The maximum atomic E-state index is 15.1. The lowest BCUT2D eigenvalue weighted by atomic mass is 10.1. The first-order chi connectivity index (χ1) is 18.4. The van der Waals surface area contributed by atoms with Gasteiger partial charge >= 0.3 is 5.97 Å². The molecule has 196 valence electrons. The number of amides is 1. The molecule has 1 unspecified atom stereocenters. The van der Waals surface area contributed by atoms with E-state index in [9.17, 15) is 9.59 Å². The molecule has 3 aromatic carbocycles. The van der Waals surface area contributed by atoms with Gasteiger partial charge in [-0.05, 0) is 73.4 Å². The molecule has 2 heterocycles. The summed E-state index contributed by atoms with van der Waals surface area (Å²) in [7, 11) is 1.29. The number of likely N-dealkylation sites (tertiary alicyclic amines) is 1. The number of anilines is 2. The molecule has 1 amide bonds. The molecule has 1 N–H and O–H groups in total. The van der Waals surface area contributed by atoms with E-state index in [0.717, 1.165) is 16.8 Å². The summed E-state index contributed by atoms with van der Waals surface area (Å²) in [5.41, 5.74) is 4.29. The molecule has 1 fully saturated rings. The van der Waals surface area contributed by atoms with Crippen molar-refractivity contribution in [3.63, 3.8) is 0 Å². The summed E-state index contributed by atoms with van der Waals surface area (Å²) >= 11 is 0. The quantitative estimate of drug-likeness (QED) is 0.305. The molecule has 1 aliphatic rings. The minimum Gasteiger partial charge on any atom is -0.465 e. The van der Waals surface area contributed by atoms with Gasteiger partial charge in [-0.15, -0.1) is 0 Å². The number of hydrogen-bond donors (Lipinski definition) is 1. The van der Waals surface area contributed by atoms with E-state index in [-0.39, 0.29) is 18.1 Å². The largest absolute Gasteiger partial charge is 0.465 e. The molecular formula is C29H28FN3O5. The molecule has 1 saturated heterocycles. The number of alkyl halides is 1. The first-order valence-electron chi connectivity index (χ1n) is 12.4. The van der Waals surface area contributed by atoms with Crippen molar-refractivity contribution < 1.29 is 27.9 Å². The minimum atomic E-state index is -1.70. The third kappa shape index (κ3) is 5.46. The number of aromatic nitrogens is 1. The molecule has 0 radical (unpaired) electrons. The highest BCUT2D eigenvalue weighted by Crippen LogP contribution is 2.28. The van der Waals surface area contributed by atoms with Crippen LogP contribution in [-0.4, -0.2) is 47.8 Å². The maximum Gasteiger partial charge on any atom is 0.337 e. The van der Waals surface area contributed by atoms with Crippen LogP contribution in [0.3, 0.4) is 0 Å². The molecule has 8 nitrogen and oxygen atoms in total. The van der Waals surface area contributed by atoms with Crippen LogP contribution in [0.2, 0.25) is 0 Å². The highest BCUT2D eigenvalue weighted by Gasteiger charge is 2.36. The number of para-hydroxylation sites is 1. The number of carbonyl (C=O) groups excluding carboxylic acids is 2. The van der Waals surface area contributed by atoms with E-state index in [1.54, 1.807) is 11.0 Å². The SMILES string of the molecule is COC(=O)c1ccc(OC(F)[C@@H]2CCCN2C(=O)Cc2ccc3nc(Nc4ccccc4C)oc3c2)cc1. The van der Waals surface area contributed by atoms with Crippen LogP contribution in [0.4, 0.5) is 16.1 Å². The van der Waals surface area contributed by atoms with Crippen molar-refractivity contribution in [2.24, 2.45) is 0 Å². The Morgan fingerprint density at radius 1 is 1.16 bits per heavy atom. The highest BCUT2D eigenvalue weighted by atomic mass is 19.1. The van der Waals surface area contributed by atoms with Crippen LogP contribution < -0.4 is 10.1 Å². The lowest BCUT2D eigenvalue weighted by molar-refractivity contribution is -0.135. The predicted molar refractivity (Wildman–Crippen MR) is 140 cm³/mol. The van der Waals surface area contributed by atoms with Crippen molar-refractivity contribution in [3.05, 3.63) is 83.4 Å². The molecule has 0 spiro atoms. The van der Waals surface area contributed by atoms with Crippen LogP contribution >= 0.6 is 0 Å². The number of hydrogen-bond acceptors (Lipinski definition) is 7. The molecule has 5 rings (SSSR count). The lowest BCUT2D eigenvalue weighted by Crippen LogP contribution is -2.44. The number of ether oxygens (including phenoxy) is 2. The Labute approximate surface area is 219 Å². The fourth-order valence-corrected chi connectivity index (χ4v) is 4.61. The maximum absolute atomic E-state index is 15.1. The molecule has 0 saturated carbocycles. The van der Waals surface area contributed by atoms with Crippen LogP contribution in [0, 0.1) is 6.92 Å². The Kier molecular flexibility index (Phi) is 7.26. The van der Waals surface area contributed by atoms with Crippen molar-refractivity contribution in [2.45, 2.75) is 38.6 Å². The monoisotopic (exact) mass is 517 g/mol. The number of carbonyl (C=O) groups is 2. The summed E-state index contributed by atoms with van der Waals surface area (Å²) in [6.07, 6.45) is -0.398. The Balaban J connectivity index is 1.23. The zero-order valence-electron chi connectivity index (χ0n) is 21.1. The molecule has 38 heavy (non-hydrogen) atoms. The molecule has 1 aliphatic heterocycles. The molecule has 2 atom stereocenters. The fraction of sp³-hybridized carbons (Fsp3) is 0.276. The summed E-state index contributed by atoms with van der Waals surface area (Å²) in [4.78, 5) is 30.8. The first kappa shape index (κ1) is 25.3. The van der Waals surface area contributed by atoms with Crippen LogP contribution in [0.5, 0.6) is 5.75 Å². The van der Waals surface area contributed by atoms with Gasteiger partial charge in [-0.1, -0.05) is 24.3 Å². The van der Waals surface area contributed by atoms with Gasteiger partial charge in [-0.25, -0.2) is 4.79 Å². The highest BCUT2D eigenvalue weighted by molar-refractivity contribution is 5.89. The minimum absolute atomic E-state index is 0.105. The average molecular weight is 518 g/mol. The zero-order chi connectivity index (χ0) is 26.6. The lowest BCUT2D eigenvalue weighted by Gasteiger charge is -2.27. The van der Waals surface area contributed by atoms with Gasteiger partial charge in [0.15, 0.2) is 5.58 Å². The number of nitrogens with one attached hydrogen (secondary N) is 1. The third-order valence-corrected chi connectivity index (χ3v) is 6.64. The van der Waals surface area contributed by atoms with Crippen molar-refractivity contribution in [2.75, 3.05) is 19.0 Å². The number of rotatable bonds is 8. The van der Waals surface area contributed by atoms with Crippen LogP contribution in [0.25, 0.3) is 11.1 Å². The normalized spacial score (nSPS) is 15.9. The summed E-state index contributed by atoms with van der Waals surface area (Å²) in [5, 5.41) is 3.18. The fourth-order valence-electron chi connectivity index (χ4n) is 4.61. The molecule has 1 aromatic heterocycles. The standard InChI is InChI=1S/C29H28FN3O5/c1-18-6-3-4-7-22(18)31-29-32-23-14-9-19(16-25(23)38-29)17-26(34)33-15-5-8-24(33)27(30)37-21-12-10-20(11-13-21)28(35)36-2/h3-4,6-7,9-14,16,24,27H,5,8,15,17H2,1-2H3,(H,31,32)/t24-,27?/m0/s1. The predicted octanol–water partition coefficient (Wildman–Crippen LogP) is 5.57. The smallest absolute Gasteiger partial charge is 0.337 e. The van der Waals surface area contributed by atoms with Gasteiger partial charge in [-0.2, -0.15) is 9.37 Å². The van der Waals surface area contributed by atoms with Crippen molar-refractivity contribution in [1.29, 1.82) is 0 Å². The van der Waals surface area contributed by atoms with E-state index in [1.165, 1.54) is 31.4 Å². The third-order valence-electron chi connectivity index (χ3n) is 6.64. The van der Waals surface area contributed by atoms with E-state index >= 15 is 4.39 Å². The van der Waals surface area contributed by atoms with Gasteiger partial charge < -0.3 is 24.1 Å². The summed E-state index contributed by atoms with van der Waals surface area (Å²) in [6, 6.07) is 19.0. The van der Waals surface area contributed by atoms with Crippen molar-refractivity contribution in [3.8, 4) is 5.75 Å². The van der Waals surface area contributed by atoms with Gasteiger partial charge in [-0.3, -0.25) is 4.79 Å². The van der Waals surface area contributed by atoms with E-state index in [4.69, 9.17) is 9.15 Å². The first-order valence-corrected chi connectivity index (χ1v) is 12.4. The van der Waals surface area contributed by atoms with E-state index in [1.807, 2.05) is 43.3 Å². The molecule has 4 aromatic rings. The molecule has 0 aliphatic carbocycles. The van der Waals surface area contributed by atoms with Gasteiger partial charge in [0.1, 0.15) is 11.3 Å². The Bertz CT molecular complexity index is 1450. The van der Waals surface area contributed by atoms with Crippen LogP contribution in [-0.2, 0) is 16.0 Å². The molecule has 9 heteroatoms. The summed E-state index contributed by atoms with van der Waals surface area (Å²) < 4.78 is 31.2.